The Hall–Kier alpha value is -0.450. The molecular formula is C11H14BrFO2. The van der Waals surface area contributed by atoms with Crippen LogP contribution in [0.15, 0.2) is 22.7 Å². The first-order chi connectivity index (χ1) is 7.04. The molecule has 1 N–H and O–H groups in total. The van der Waals surface area contributed by atoms with E-state index in [1.54, 1.807) is 6.07 Å². The van der Waals surface area contributed by atoms with Crippen LogP contribution in [0, 0.1) is 5.82 Å². The monoisotopic (exact) mass is 276 g/mol. The van der Waals surface area contributed by atoms with Crippen molar-refractivity contribution in [3.63, 3.8) is 0 Å². The maximum absolute atomic E-state index is 13.0. The Bertz CT molecular complexity index is 328. The molecule has 1 aromatic carbocycles. The van der Waals surface area contributed by atoms with Crippen LogP contribution >= 0.6 is 15.9 Å². The number of aliphatic hydroxyl groups excluding tert-OH is 1. The van der Waals surface area contributed by atoms with Crippen molar-refractivity contribution in [3.05, 3.63) is 34.1 Å². The van der Waals surface area contributed by atoms with Gasteiger partial charge in [0.15, 0.2) is 0 Å². The van der Waals surface area contributed by atoms with Gasteiger partial charge in [-0.15, -0.1) is 0 Å². The number of rotatable bonds is 4. The molecule has 1 rings (SSSR count). The van der Waals surface area contributed by atoms with E-state index in [-0.39, 0.29) is 18.5 Å². The lowest BCUT2D eigenvalue weighted by molar-refractivity contribution is -0.0252. The van der Waals surface area contributed by atoms with Crippen molar-refractivity contribution in [2.45, 2.75) is 26.1 Å². The molecule has 1 unspecified atom stereocenters. The number of hydrogen-bond donors (Lipinski definition) is 1. The van der Waals surface area contributed by atoms with Gasteiger partial charge in [0, 0.05) is 10.0 Å². The fourth-order valence-corrected chi connectivity index (χ4v) is 1.81. The summed E-state index contributed by atoms with van der Waals surface area (Å²) in [6, 6.07) is 4.34. The minimum Gasteiger partial charge on any atom is -0.393 e. The van der Waals surface area contributed by atoms with Gasteiger partial charge in [-0.05, 0) is 32.0 Å². The van der Waals surface area contributed by atoms with Crippen molar-refractivity contribution >= 4 is 15.9 Å². The van der Waals surface area contributed by atoms with Crippen molar-refractivity contribution < 1.29 is 14.2 Å². The molecule has 0 amide bonds. The van der Waals surface area contributed by atoms with Crippen molar-refractivity contribution in [2.24, 2.45) is 0 Å². The highest BCUT2D eigenvalue weighted by atomic mass is 79.9. The second-order valence-corrected chi connectivity index (χ2v) is 4.38. The number of ether oxygens (including phenoxy) is 1. The van der Waals surface area contributed by atoms with Crippen LogP contribution in [0.2, 0.25) is 0 Å². The summed E-state index contributed by atoms with van der Waals surface area (Å²) in [5, 5.41) is 9.18. The van der Waals surface area contributed by atoms with E-state index in [1.165, 1.54) is 12.1 Å². The van der Waals surface area contributed by atoms with E-state index in [0.717, 1.165) is 4.47 Å². The van der Waals surface area contributed by atoms with Gasteiger partial charge in [0.2, 0.25) is 0 Å². The number of halogens is 2. The van der Waals surface area contributed by atoms with Gasteiger partial charge >= 0.3 is 0 Å². The lowest BCUT2D eigenvalue weighted by Gasteiger charge is -2.19. The van der Waals surface area contributed by atoms with E-state index in [9.17, 15) is 9.50 Å². The fourth-order valence-electron chi connectivity index (χ4n) is 1.30. The number of benzene rings is 1. The minimum absolute atomic E-state index is 0.0164. The van der Waals surface area contributed by atoms with Crippen molar-refractivity contribution in [1.82, 2.24) is 0 Å². The lowest BCUT2D eigenvalue weighted by atomic mass is 10.1. The average Bonchev–Trinajstić information content (AvgIpc) is 2.18. The highest BCUT2D eigenvalue weighted by molar-refractivity contribution is 9.10. The highest BCUT2D eigenvalue weighted by Crippen LogP contribution is 2.27. The summed E-state index contributed by atoms with van der Waals surface area (Å²) >= 11 is 3.30. The first-order valence-corrected chi connectivity index (χ1v) is 5.55. The molecule has 0 aliphatic heterocycles. The summed E-state index contributed by atoms with van der Waals surface area (Å²) in [4.78, 5) is 0. The first-order valence-electron chi connectivity index (χ1n) is 4.76. The van der Waals surface area contributed by atoms with Crippen molar-refractivity contribution in [1.29, 1.82) is 0 Å². The Morgan fingerprint density at radius 2 is 2.13 bits per heavy atom. The SMILES string of the molecule is CC(C)OC(CO)c1cc(F)ccc1Br. The maximum Gasteiger partial charge on any atom is 0.123 e. The standard InChI is InChI=1S/C11H14BrFO2/c1-7(2)15-11(6-14)9-5-8(13)3-4-10(9)12/h3-5,7,11,14H,6H2,1-2H3. The topological polar surface area (TPSA) is 29.5 Å². The molecule has 1 atom stereocenters. The van der Waals surface area contributed by atoms with E-state index in [0.29, 0.717) is 5.56 Å². The van der Waals surface area contributed by atoms with E-state index in [2.05, 4.69) is 15.9 Å². The molecule has 0 spiro atoms. The number of hydrogen-bond acceptors (Lipinski definition) is 2. The molecular weight excluding hydrogens is 263 g/mol. The number of aliphatic hydroxyl groups is 1. The van der Waals surface area contributed by atoms with Crippen LogP contribution in [0.5, 0.6) is 0 Å². The van der Waals surface area contributed by atoms with Crippen LogP contribution in [-0.2, 0) is 4.74 Å². The maximum atomic E-state index is 13.0. The predicted molar refractivity (Wildman–Crippen MR) is 60.1 cm³/mol. The van der Waals surface area contributed by atoms with E-state index >= 15 is 0 Å². The van der Waals surface area contributed by atoms with Crippen molar-refractivity contribution in [3.8, 4) is 0 Å². The minimum atomic E-state index is -0.491. The molecule has 0 aliphatic rings. The van der Waals surface area contributed by atoms with Crippen LogP contribution in [-0.4, -0.2) is 17.8 Å². The van der Waals surface area contributed by atoms with Gasteiger partial charge in [-0.1, -0.05) is 15.9 Å². The van der Waals surface area contributed by atoms with E-state index in [1.807, 2.05) is 13.8 Å². The first kappa shape index (κ1) is 12.6. The second-order valence-electron chi connectivity index (χ2n) is 3.52. The Balaban J connectivity index is 2.95. The zero-order chi connectivity index (χ0) is 11.4. The van der Waals surface area contributed by atoms with Gasteiger partial charge in [-0.3, -0.25) is 0 Å². The van der Waals surface area contributed by atoms with Crippen LogP contribution in [0.1, 0.15) is 25.5 Å². The summed E-state index contributed by atoms with van der Waals surface area (Å²) in [5.74, 6) is -0.334. The summed E-state index contributed by atoms with van der Waals surface area (Å²) < 4.78 is 19.2. The van der Waals surface area contributed by atoms with Gasteiger partial charge < -0.3 is 9.84 Å². The molecule has 0 fully saturated rings. The molecule has 0 radical (unpaired) electrons. The molecule has 0 saturated carbocycles. The normalized spacial score (nSPS) is 13.2. The van der Waals surface area contributed by atoms with Gasteiger partial charge in [0.25, 0.3) is 0 Å². The molecule has 4 heteroatoms. The Kier molecular flexibility index (Phi) is 4.70. The molecule has 2 nitrogen and oxygen atoms in total. The Morgan fingerprint density at radius 3 is 2.67 bits per heavy atom. The molecule has 0 bridgehead atoms. The van der Waals surface area contributed by atoms with Crippen LogP contribution in [0.3, 0.4) is 0 Å². The predicted octanol–water partition coefficient (Wildman–Crippen LogP) is 3.05. The van der Waals surface area contributed by atoms with Gasteiger partial charge in [0.1, 0.15) is 11.9 Å². The highest BCUT2D eigenvalue weighted by Gasteiger charge is 2.16. The quantitative estimate of drug-likeness (QED) is 0.916. The fraction of sp³-hybridized carbons (Fsp3) is 0.455. The largest absolute Gasteiger partial charge is 0.393 e. The summed E-state index contributed by atoms with van der Waals surface area (Å²) in [7, 11) is 0. The smallest absolute Gasteiger partial charge is 0.123 e. The third kappa shape index (κ3) is 3.55. The van der Waals surface area contributed by atoms with Crippen LogP contribution in [0.4, 0.5) is 4.39 Å². The molecule has 0 aliphatic carbocycles. The Morgan fingerprint density at radius 1 is 1.47 bits per heavy atom. The summed E-state index contributed by atoms with van der Waals surface area (Å²) in [6.07, 6.45) is -0.507. The lowest BCUT2D eigenvalue weighted by Crippen LogP contribution is -2.14. The van der Waals surface area contributed by atoms with Crippen LogP contribution < -0.4 is 0 Å². The summed E-state index contributed by atoms with van der Waals surface area (Å²) in [6.45, 7) is 3.58. The average molecular weight is 277 g/mol. The molecule has 1 aromatic rings. The zero-order valence-corrected chi connectivity index (χ0v) is 10.3. The molecule has 0 heterocycles. The van der Waals surface area contributed by atoms with Gasteiger partial charge in [-0.2, -0.15) is 0 Å². The molecule has 84 valence electrons. The Labute approximate surface area is 97.2 Å². The van der Waals surface area contributed by atoms with Gasteiger partial charge in [-0.25, -0.2) is 4.39 Å². The van der Waals surface area contributed by atoms with Crippen LogP contribution in [0.25, 0.3) is 0 Å². The molecule has 0 aromatic heterocycles. The zero-order valence-electron chi connectivity index (χ0n) is 8.71. The van der Waals surface area contributed by atoms with E-state index < -0.39 is 6.10 Å². The van der Waals surface area contributed by atoms with Crippen molar-refractivity contribution in [2.75, 3.05) is 6.61 Å². The molecule has 0 saturated heterocycles. The third-order valence-corrected chi connectivity index (χ3v) is 2.63. The third-order valence-electron chi connectivity index (χ3n) is 1.91. The van der Waals surface area contributed by atoms with E-state index in [4.69, 9.17) is 4.74 Å². The molecule has 15 heavy (non-hydrogen) atoms. The van der Waals surface area contributed by atoms with Gasteiger partial charge in [0.05, 0.1) is 12.7 Å². The second kappa shape index (κ2) is 5.58. The summed E-state index contributed by atoms with van der Waals surface area (Å²) in [5.41, 5.74) is 0.631.